The fourth-order valence-electron chi connectivity index (χ4n) is 1.92. The molecule has 0 spiro atoms. The molecule has 0 saturated carbocycles. The molecule has 1 N–H and O–H groups in total. The van der Waals surface area contributed by atoms with E-state index in [1.54, 1.807) is 7.11 Å². The lowest BCUT2D eigenvalue weighted by Gasteiger charge is -2.18. The third-order valence-corrected chi connectivity index (χ3v) is 4.57. The highest BCUT2D eigenvalue weighted by atomic mass is 79.9. The summed E-state index contributed by atoms with van der Waals surface area (Å²) >= 11 is 5.55. The van der Waals surface area contributed by atoms with Gasteiger partial charge in [0, 0.05) is 11.8 Å². The van der Waals surface area contributed by atoms with Crippen LogP contribution in [0.25, 0.3) is 0 Å². The Hall–Kier alpha value is -0.190. The second-order valence-corrected chi connectivity index (χ2v) is 6.66. The van der Waals surface area contributed by atoms with Crippen LogP contribution in [0.3, 0.4) is 0 Å². The third kappa shape index (κ3) is 6.19. The maximum absolute atomic E-state index is 5.27. The molecule has 0 aliphatic rings. The lowest BCUT2D eigenvalue weighted by atomic mass is 10.1. The number of methoxy groups -OCH3 is 1. The van der Waals surface area contributed by atoms with Gasteiger partial charge in [0.2, 0.25) is 0 Å². The number of nitrogens with one attached hydrogen (secondary N) is 1. The smallest absolute Gasteiger partial charge is 0.133 e. The van der Waals surface area contributed by atoms with E-state index in [-0.39, 0.29) is 0 Å². The van der Waals surface area contributed by atoms with Crippen LogP contribution < -0.4 is 10.1 Å². The van der Waals surface area contributed by atoms with E-state index in [0.717, 1.165) is 23.2 Å². The molecule has 0 aliphatic heterocycles. The van der Waals surface area contributed by atoms with Crippen LogP contribution in [0, 0.1) is 0 Å². The molecule has 0 radical (unpaired) electrons. The van der Waals surface area contributed by atoms with Crippen molar-refractivity contribution in [1.29, 1.82) is 0 Å². The lowest BCUT2D eigenvalue weighted by Crippen LogP contribution is -2.34. The normalized spacial score (nSPS) is 12.4. The van der Waals surface area contributed by atoms with Gasteiger partial charge in [0.1, 0.15) is 5.75 Å². The van der Waals surface area contributed by atoms with Gasteiger partial charge in [0.15, 0.2) is 0 Å². The molecule has 2 nitrogen and oxygen atoms in total. The van der Waals surface area contributed by atoms with Crippen LogP contribution in [0.2, 0.25) is 0 Å². The van der Waals surface area contributed by atoms with E-state index in [1.165, 1.54) is 23.5 Å². The number of hydrogen-bond acceptors (Lipinski definition) is 3. The van der Waals surface area contributed by atoms with Crippen LogP contribution in [0.4, 0.5) is 0 Å². The predicted octanol–water partition coefficient (Wildman–Crippen LogP) is 4.12. The minimum atomic E-state index is 0.546. The van der Waals surface area contributed by atoms with Crippen molar-refractivity contribution in [2.75, 3.05) is 25.2 Å². The summed E-state index contributed by atoms with van der Waals surface area (Å²) in [6, 6.07) is 6.89. The summed E-state index contributed by atoms with van der Waals surface area (Å²) in [7, 11) is 1.70. The second kappa shape index (κ2) is 9.67. The Balaban J connectivity index is 2.63. The topological polar surface area (TPSA) is 21.3 Å². The molecule has 108 valence electrons. The highest BCUT2D eigenvalue weighted by Gasteiger charge is 2.10. The maximum Gasteiger partial charge on any atom is 0.133 e. The quantitative estimate of drug-likeness (QED) is 0.727. The molecule has 0 bridgehead atoms. The van der Waals surface area contributed by atoms with Gasteiger partial charge in [-0.25, -0.2) is 0 Å². The summed E-state index contributed by atoms with van der Waals surface area (Å²) in [6.45, 7) is 5.51. The summed E-state index contributed by atoms with van der Waals surface area (Å²) < 4.78 is 6.30. The summed E-state index contributed by atoms with van der Waals surface area (Å²) in [5.74, 6) is 3.24. The Kier molecular flexibility index (Phi) is 8.58. The molecule has 19 heavy (non-hydrogen) atoms. The number of rotatable bonds is 9. The largest absolute Gasteiger partial charge is 0.496 e. The molecular weight excluding hydrogens is 322 g/mol. The zero-order valence-electron chi connectivity index (χ0n) is 12.0. The summed E-state index contributed by atoms with van der Waals surface area (Å²) in [4.78, 5) is 0. The summed E-state index contributed by atoms with van der Waals surface area (Å²) in [6.07, 6.45) is 2.25. The van der Waals surface area contributed by atoms with Crippen LogP contribution in [-0.4, -0.2) is 31.2 Å². The van der Waals surface area contributed by atoms with Crippen LogP contribution in [0.1, 0.15) is 25.8 Å². The van der Waals surface area contributed by atoms with Crippen LogP contribution in [0.5, 0.6) is 5.75 Å². The fourth-order valence-corrected chi connectivity index (χ4v) is 3.26. The Morgan fingerprint density at radius 3 is 2.74 bits per heavy atom. The zero-order valence-corrected chi connectivity index (χ0v) is 14.4. The van der Waals surface area contributed by atoms with Gasteiger partial charge >= 0.3 is 0 Å². The van der Waals surface area contributed by atoms with Gasteiger partial charge in [-0.15, -0.1) is 0 Å². The number of thioether (sulfide) groups is 1. The molecule has 4 heteroatoms. The van der Waals surface area contributed by atoms with Gasteiger partial charge in [0.05, 0.1) is 11.6 Å². The van der Waals surface area contributed by atoms with Crippen molar-refractivity contribution < 1.29 is 4.74 Å². The maximum atomic E-state index is 5.27. The van der Waals surface area contributed by atoms with E-state index in [0.29, 0.717) is 6.04 Å². The molecular formula is C15H24BrNOS. The SMILES string of the molecule is CCCNC(CSCC)Cc1ccc(OC)c(Br)c1. The molecule has 1 rings (SSSR count). The Bertz CT molecular complexity index is 365. The van der Waals surface area contributed by atoms with E-state index >= 15 is 0 Å². The van der Waals surface area contributed by atoms with Crippen LogP contribution in [-0.2, 0) is 6.42 Å². The van der Waals surface area contributed by atoms with Gasteiger partial charge in [-0.05, 0) is 58.8 Å². The molecule has 0 heterocycles. The van der Waals surface area contributed by atoms with Gasteiger partial charge in [0.25, 0.3) is 0 Å². The predicted molar refractivity (Wildman–Crippen MR) is 89.5 cm³/mol. The van der Waals surface area contributed by atoms with Crippen molar-refractivity contribution >= 4 is 27.7 Å². The number of hydrogen-bond donors (Lipinski definition) is 1. The first kappa shape index (κ1) is 16.9. The summed E-state index contributed by atoms with van der Waals surface area (Å²) in [5, 5.41) is 3.63. The fraction of sp³-hybridized carbons (Fsp3) is 0.600. The second-order valence-electron chi connectivity index (χ2n) is 4.48. The van der Waals surface area contributed by atoms with Crippen molar-refractivity contribution in [2.45, 2.75) is 32.7 Å². The van der Waals surface area contributed by atoms with Crippen molar-refractivity contribution in [3.05, 3.63) is 28.2 Å². The third-order valence-electron chi connectivity index (χ3n) is 2.90. The van der Waals surface area contributed by atoms with Crippen molar-refractivity contribution in [1.82, 2.24) is 5.32 Å². The Labute approximate surface area is 129 Å². The van der Waals surface area contributed by atoms with E-state index in [1.807, 2.05) is 17.8 Å². The molecule has 1 atom stereocenters. The molecule has 0 fully saturated rings. The van der Waals surface area contributed by atoms with Crippen molar-refractivity contribution in [3.8, 4) is 5.75 Å². The van der Waals surface area contributed by atoms with Crippen LogP contribution in [0.15, 0.2) is 22.7 Å². The average Bonchev–Trinajstić information content (AvgIpc) is 2.42. The van der Waals surface area contributed by atoms with Gasteiger partial charge in [-0.3, -0.25) is 0 Å². The highest BCUT2D eigenvalue weighted by Crippen LogP contribution is 2.26. The zero-order chi connectivity index (χ0) is 14.1. The molecule has 1 aromatic rings. The van der Waals surface area contributed by atoms with E-state index < -0.39 is 0 Å². The minimum absolute atomic E-state index is 0.546. The van der Waals surface area contributed by atoms with Crippen LogP contribution >= 0.6 is 27.7 Å². The first-order valence-electron chi connectivity index (χ1n) is 6.84. The Morgan fingerprint density at radius 1 is 1.37 bits per heavy atom. The van der Waals surface area contributed by atoms with E-state index in [4.69, 9.17) is 4.74 Å². The monoisotopic (exact) mass is 345 g/mol. The highest BCUT2D eigenvalue weighted by molar-refractivity contribution is 9.10. The van der Waals surface area contributed by atoms with Gasteiger partial charge in [-0.1, -0.05) is 19.9 Å². The molecule has 1 aromatic carbocycles. The lowest BCUT2D eigenvalue weighted by molar-refractivity contribution is 0.412. The molecule has 0 saturated heterocycles. The standard InChI is InChI=1S/C15H24BrNOS/c1-4-8-17-13(11-19-5-2)9-12-6-7-15(18-3)14(16)10-12/h6-7,10,13,17H,4-5,8-9,11H2,1-3H3. The van der Waals surface area contributed by atoms with Crippen molar-refractivity contribution in [3.63, 3.8) is 0 Å². The Morgan fingerprint density at radius 2 is 2.16 bits per heavy atom. The first-order chi connectivity index (χ1) is 9.21. The minimum Gasteiger partial charge on any atom is -0.496 e. The van der Waals surface area contributed by atoms with E-state index in [9.17, 15) is 0 Å². The van der Waals surface area contributed by atoms with Gasteiger partial charge < -0.3 is 10.1 Å². The summed E-state index contributed by atoms with van der Waals surface area (Å²) in [5.41, 5.74) is 1.35. The molecule has 0 aliphatic carbocycles. The first-order valence-corrected chi connectivity index (χ1v) is 8.79. The van der Waals surface area contributed by atoms with Crippen molar-refractivity contribution in [2.24, 2.45) is 0 Å². The molecule has 0 amide bonds. The number of benzene rings is 1. The van der Waals surface area contributed by atoms with Gasteiger partial charge in [-0.2, -0.15) is 11.8 Å². The van der Waals surface area contributed by atoms with E-state index in [2.05, 4.69) is 47.2 Å². The number of ether oxygens (including phenoxy) is 1. The average molecular weight is 346 g/mol. The molecule has 1 unspecified atom stereocenters. The molecule has 0 aromatic heterocycles. The number of halogens is 1.